The summed E-state index contributed by atoms with van der Waals surface area (Å²) in [5.41, 5.74) is 7.21. The van der Waals surface area contributed by atoms with Crippen LogP contribution in [-0.4, -0.2) is 24.3 Å². The molecule has 124 valence electrons. The molecule has 0 saturated heterocycles. The molecule has 0 bridgehead atoms. The van der Waals surface area contributed by atoms with Gasteiger partial charge in [0.15, 0.2) is 0 Å². The average molecular weight is 374 g/mol. The van der Waals surface area contributed by atoms with E-state index >= 15 is 0 Å². The molecule has 0 spiro atoms. The summed E-state index contributed by atoms with van der Waals surface area (Å²) in [7, 11) is -4.38. The first-order valence-corrected chi connectivity index (χ1v) is 9.11. The molecule has 0 saturated carbocycles. The summed E-state index contributed by atoms with van der Waals surface area (Å²) >= 11 is 11.7. The Hall–Kier alpha value is -1.11. The van der Waals surface area contributed by atoms with Gasteiger partial charge < -0.3 is 5.73 Å². The fourth-order valence-corrected chi connectivity index (χ4v) is 3.60. The average Bonchev–Trinajstić information content (AvgIpc) is 2.50. The summed E-state index contributed by atoms with van der Waals surface area (Å²) in [6, 6.07) is 13.6. The summed E-state index contributed by atoms with van der Waals surface area (Å²) in [6.07, 6.45) is 0.171. The highest BCUT2D eigenvalue weighted by Crippen LogP contribution is 2.27. The molecule has 0 heterocycles. The van der Waals surface area contributed by atoms with Crippen molar-refractivity contribution in [3.05, 3.63) is 69.7 Å². The molecule has 0 aliphatic heterocycles. The maximum atomic E-state index is 12.1. The highest BCUT2D eigenvalue weighted by atomic mass is 35.5. The monoisotopic (exact) mass is 373 g/mol. The lowest BCUT2D eigenvalue weighted by Crippen LogP contribution is -2.49. The van der Waals surface area contributed by atoms with Crippen molar-refractivity contribution in [3.63, 3.8) is 0 Å². The minimum atomic E-state index is -4.38. The predicted octanol–water partition coefficient (Wildman–Crippen LogP) is 3.36. The van der Waals surface area contributed by atoms with Gasteiger partial charge in [-0.2, -0.15) is 8.42 Å². The van der Waals surface area contributed by atoms with Crippen LogP contribution in [0.15, 0.2) is 48.5 Å². The first-order valence-electron chi connectivity index (χ1n) is 6.92. The molecule has 2 aromatic carbocycles. The van der Waals surface area contributed by atoms with Crippen LogP contribution >= 0.6 is 23.2 Å². The molecule has 0 amide bonds. The van der Waals surface area contributed by atoms with Gasteiger partial charge in [-0.05, 0) is 48.2 Å². The molecular weight excluding hydrogens is 357 g/mol. The van der Waals surface area contributed by atoms with E-state index in [1.165, 1.54) is 0 Å². The number of rotatable bonds is 6. The molecule has 0 aliphatic carbocycles. The number of nitrogens with two attached hydrogens (primary N) is 1. The zero-order valence-electron chi connectivity index (χ0n) is 12.2. The summed E-state index contributed by atoms with van der Waals surface area (Å²) in [6.45, 7) is -0.211. The molecule has 7 heteroatoms. The second kappa shape index (κ2) is 7.20. The van der Waals surface area contributed by atoms with Crippen molar-refractivity contribution in [2.75, 3.05) is 6.54 Å². The lowest BCUT2D eigenvalue weighted by Gasteiger charge is -2.29. The van der Waals surface area contributed by atoms with Gasteiger partial charge in [0, 0.05) is 16.6 Å². The van der Waals surface area contributed by atoms with Crippen molar-refractivity contribution in [2.45, 2.75) is 17.6 Å². The van der Waals surface area contributed by atoms with Crippen LogP contribution in [0, 0.1) is 0 Å². The second-order valence-electron chi connectivity index (χ2n) is 5.47. The van der Waals surface area contributed by atoms with Gasteiger partial charge in [-0.3, -0.25) is 4.55 Å². The van der Waals surface area contributed by atoms with Gasteiger partial charge in [-0.15, -0.1) is 0 Å². The lowest BCUT2D eigenvalue weighted by molar-refractivity contribution is 0.417. The summed E-state index contributed by atoms with van der Waals surface area (Å²) in [5, 5.41) is 1.10. The molecule has 0 fully saturated rings. The van der Waals surface area contributed by atoms with E-state index in [1.54, 1.807) is 48.5 Å². The fourth-order valence-electron chi connectivity index (χ4n) is 2.44. The molecule has 23 heavy (non-hydrogen) atoms. The predicted molar refractivity (Wildman–Crippen MR) is 93.6 cm³/mol. The van der Waals surface area contributed by atoms with E-state index in [0.29, 0.717) is 10.0 Å². The highest BCUT2D eigenvalue weighted by molar-refractivity contribution is 7.87. The molecule has 2 rings (SSSR count). The van der Waals surface area contributed by atoms with Crippen LogP contribution in [0.5, 0.6) is 0 Å². The number of hydrogen-bond donors (Lipinski definition) is 2. The number of halogens is 2. The molecule has 2 aromatic rings. The summed E-state index contributed by atoms with van der Waals surface area (Å²) in [5.74, 6) is 0. The molecule has 0 unspecified atom stereocenters. The zero-order valence-corrected chi connectivity index (χ0v) is 14.6. The van der Waals surface area contributed by atoms with Gasteiger partial charge in [-0.25, -0.2) is 0 Å². The first kappa shape index (κ1) is 18.2. The maximum absolute atomic E-state index is 12.1. The van der Waals surface area contributed by atoms with Gasteiger partial charge in [0.25, 0.3) is 10.1 Å². The van der Waals surface area contributed by atoms with E-state index in [1.807, 2.05) is 0 Å². The Kier molecular flexibility index (Phi) is 5.70. The minimum Gasteiger partial charge on any atom is -0.329 e. The number of hydrogen-bond acceptors (Lipinski definition) is 3. The Morgan fingerprint density at radius 3 is 1.48 bits per heavy atom. The van der Waals surface area contributed by atoms with Crippen molar-refractivity contribution < 1.29 is 13.0 Å². The Bertz CT molecular complexity index is 711. The van der Waals surface area contributed by atoms with Gasteiger partial charge in [0.05, 0.1) is 0 Å². The van der Waals surface area contributed by atoms with Crippen molar-refractivity contribution in [3.8, 4) is 0 Å². The lowest BCUT2D eigenvalue weighted by atomic mass is 9.91. The van der Waals surface area contributed by atoms with Gasteiger partial charge in [0.2, 0.25) is 0 Å². The van der Waals surface area contributed by atoms with E-state index in [9.17, 15) is 13.0 Å². The summed E-state index contributed by atoms with van der Waals surface area (Å²) < 4.78 is 32.4. The second-order valence-corrected chi connectivity index (χ2v) is 8.16. The van der Waals surface area contributed by atoms with Crippen LogP contribution in [0.2, 0.25) is 10.0 Å². The van der Waals surface area contributed by atoms with Crippen LogP contribution < -0.4 is 5.73 Å². The van der Waals surface area contributed by atoms with Crippen molar-refractivity contribution in [2.24, 2.45) is 5.73 Å². The molecule has 0 aliphatic rings. The maximum Gasteiger partial charge on any atom is 0.272 e. The van der Waals surface area contributed by atoms with Crippen LogP contribution in [0.25, 0.3) is 0 Å². The zero-order chi connectivity index (χ0) is 17.1. The van der Waals surface area contributed by atoms with E-state index in [2.05, 4.69) is 0 Å². The molecule has 0 radical (unpaired) electrons. The first-order chi connectivity index (χ1) is 10.8. The number of benzene rings is 2. The third kappa shape index (κ3) is 4.46. The SMILES string of the molecule is NCC(Cc1ccc(Cl)cc1)(Cc1ccc(Cl)cc1)S(=O)(=O)O. The smallest absolute Gasteiger partial charge is 0.272 e. The Morgan fingerprint density at radius 1 is 0.870 bits per heavy atom. The minimum absolute atomic E-state index is 0.0854. The van der Waals surface area contributed by atoms with Crippen molar-refractivity contribution >= 4 is 33.3 Å². The molecular formula is C16H17Cl2NO3S. The van der Waals surface area contributed by atoms with Crippen LogP contribution in [0.1, 0.15) is 11.1 Å². The highest BCUT2D eigenvalue weighted by Gasteiger charge is 2.42. The Balaban J connectivity index is 2.39. The quantitative estimate of drug-likeness (QED) is 0.760. The Morgan fingerprint density at radius 2 is 1.22 bits per heavy atom. The third-order valence-corrected chi connectivity index (χ3v) is 5.85. The van der Waals surface area contributed by atoms with E-state index in [0.717, 1.165) is 11.1 Å². The fraction of sp³-hybridized carbons (Fsp3) is 0.250. The molecule has 4 nitrogen and oxygen atoms in total. The largest absolute Gasteiger partial charge is 0.329 e. The summed E-state index contributed by atoms with van der Waals surface area (Å²) in [4.78, 5) is 0. The van der Waals surface area contributed by atoms with Gasteiger partial charge in [-0.1, -0.05) is 47.5 Å². The van der Waals surface area contributed by atoms with Crippen LogP contribution in [0.3, 0.4) is 0 Å². The van der Waals surface area contributed by atoms with E-state index in [-0.39, 0.29) is 19.4 Å². The van der Waals surface area contributed by atoms with Crippen molar-refractivity contribution in [1.29, 1.82) is 0 Å². The van der Waals surface area contributed by atoms with Crippen molar-refractivity contribution in [1.82, 2.24) is 0 Å². The molecule has 3 N–H and O–H groups in total. The third-order valence-electron chi connectivity index (χ3n) is 3.80. The molecule has 0 atom stereocenters. The van der Waals surface area contributed by atoms with Gasteiger partial charge in [0.1, 0.15) is 4.75 Å². The van der Waals surface area contributed by atoms with E-state index in [4.69, 9.17) is 28.9 Å². The van der Waals surface area contributed by atoms with Crippen LogP contribution in [-0.2, 0) is 23.0 Å². The topological polar surface area (TPSA) is 80.4 Å². The van der Waals surface area contributed by atoms with Gasteiger partial charge >= 0.3 is 0 Å². The standard InChI is InChI=1S/C16H17Cl2NO3S/c17-14-5-1-12(2-6-14)9-16(11-19,23(20,21)22)10-13-3-7-15(18)8-4-13/h1-8H,9-11,19H2,(H,20,21,22). The van der Waals surface area contributed by atoms with E-state index < -0.39 is 14.9 Å². The molecule has 0 aromatic heterocycles. The normalized spacial score (nSPS) is 12.3. The van der Waals surface area contributed by atoms with Crippen LogP contribution in [0.4, 0.5) is 0 Å². The Labute approximate surface area is 146 Å².